The lowest BCUT2D eigenvalue weighted by atomic mass is 10.1. The average molecular weight is 212 g/mol. The van der Waals surface area contributed by atoms with Crippen molar-refractivity contribution in [3.05, 3.63) is 16.1 Å². The van der Waals surface area contributed by atoms with Crippen LogP contribution in [0.3, 0.4) is 0 Å². The number of nitrogens with one attached hydrogen (secondary N) is 1. The smallest absolute Gasteiger partial charge is 0.0931 e. The van der Waals surface area contributed by atoms with Crippen LogP contribution in [0.2, 0.25) is 0 Å². The molecule has 0 atom stereocenters. The van der Waals surface area contributed by atoms with E-state index in [2.05, 4.69) is 43.4 Å². The first-order valence-electron chi connectivity index (χ1n) is 5.24. The van der Waals surface area contributed by atoms with Crippen molar-refractivity contribution in [3.8, 4) is 0 Å². The first-order valence-corrected chi connectivity index (χ1v) is 6.12. The lowest BCUT2D eigenvalue weighted by Crippen LogP contribution is -2.21. The normalized spacial score (nSPS) is 11.6. The first kappa shape index (κ1) is 11.7. The third kappa shape index (κ3) is 4.20. The van der Waals surface area contributed by atoms with Crippen molar-refractivity contribution in [2.75, 3.05) is 0 Å². The monoisotopic (exact) mass is 212 g/mol. The summed E-state index contributed by atoms with van der Waals surface area (Å²) in [5.74, 6) is 0.701. The molecule has 0 saturated carbocycles. The Bertz CT molecular complexity index is 266. The number of nitrogens with zero attached hydrogens (tertiary/aromatic N) is 1. The molecule has 1 rings (SSSR count). The molecule has 0 amide bonds. The van der Waals surface area contributed by atoms with Crippen molar-refractivity contribution in [3.63, 3.8) is 0 Å². The number of hydrogen-bond acceptors (Lipinski definition) is 3. The molecule has 1 N–H and O–H groups in total. The van der Waals surface area contributed by atoms with Crippen LogP contribution in [-0.4, -0.2) is 11.0 Å². The molecular formula is C11H20N2S. The summed E-state index contributed by atoms with van der Waals surface area (Å²) < 4.78 is 0. The van der Waals surface area contributed by atoms with Gasteiger partial charge in [0, 0.05) is 24.4 Å². The second kappa shape index (κ2) is 5.47. The summed E-state index contributed by atoms with van der Waals surface area (Å²) in [7, 11) is 0. The fourth-order valence-electron chi connectivity index (χ4n) is 1.18. The van der Waals surface area contributed by atoms with Crippen molar-refractivity contribution in [1.82, 2.24) is 10.3 Å². The van der Waals surface area contributed by atoms with E-state index in [0.29, 0.717) is 12.0 Å². The topological polar surface area (TPSA) is 24.9 Å². The highest BCUT2D eigenvalue weighted by atomic mass is 32.1. The predicted octanol–water partition coefficient (Wildman–Crippen LogP) is 2.84. The zero-order valence-corrected chi connectivity index (χ0v) is 10.3. The lowest BCUT2D eigenvalue weighted by Gasteiger charge is -2.04. The Morgan fingerprint density at radius 1 is 1.36 bits per heavy atom. The maximum atomic E-state index is 4.58. The fourth-order valence-corrected chi connectivity index (χ4v) is 2.19. The van der Waals surface area contributed by atoms with E-state index >= 15 is 0 Å². The van der Waals surface area contributed by atoms with Gasteiger partial charge in [0.1, 0.15) is 0 Å². The summed E-state index contributed by atoms with van der Waals surface area (Å²) in [6, 6.07) is 0.533. The first-order chi connectivity index (χ1) is 6.58. The molecule has 1 heterocycles. The predicted molar refractivity (Wildman–Crippen MR) is 62.6 cm³/mol. The zero-order valence-electron chi connectivity index (χ0n) is 9.50. The average Bonchev–Trinajstić information content (AvgIpc) is 2.47. The van der Waals surface area contributed by atoms with Gasteiger partial charge in [-0.1, -0.05) is 27.7 Å². The van der Waals surface area contributed by atoms with E-state index < -0.39 is 0 Å². The Hall–Kier alpha value is -0.410. The number of rotatable bonds is 5. The molecule has 0 unspecified atom stereocenters. The van der Waals surface area contributed by atoms with Crippen LogP contribution >= 0.6 is 11.3 Å². The lowest BCUT2D eigenvalue weighted by molar-refractivity contribution is 0.580. The molecular weight excluding hydrogens is 192 g/mol. The second-order valence-corrected chi connectivity index (χ2v) is 5.31. The van der Waals surface area contributed by atoms with E-state index in [-0.39, 0.29) is 0 Å². The standard InChI is InChI=1S/C11H20N2S/c1-8(2)5-11-13-10(7-14-11)6-12-9(3)4/h7-9,12H,5-6H2,1-4H3. The van der Waals surface area contributed by atoms with Crippen LogP contribution in [0.25, 0.3) is 0 Å². The van der Waals surface area contributed by atoms with E-state index in [9.17, 15) is 0 Å². The van der Waals surface area contributed by atoms with Gasteiger partial charge in [0.2, 0.25) is 0 Å². The van der Waals surface area contributed by atoms with Crippen LogP contribution in [0, 0.1) is 5.92 Å². The quantitative estimate of drug-likeness (QED) is 0.812. The molecule has 2 nitrogen and oxygen atoms in total. The number of hydrogen-bond donors (Lipinski definition) is 1. The summed E-state index contributed by atoms with van der Waals surface area (Å²) in [6.45, 7) is 9.66. The van der Waals surface area contributed by atoms with Crippen molar-refractivity contribution in [2.24, 2.45) is 5.92 Å². The Morgan fingerprint density at radius 2 is 2.07 bits per heavy atom. The molecule has 0 fully saturated rings. The van der Waals surface area contributed by atoms with Gasteiger partial charge in [-0.15, -0.1) is 11.3 Å². The SMILES string of the molecule is CC(C)Cc1nc(CNC(C)C)cs1. The highest BCUT2D eigenvalue weighted by Crippen LogP contribution is 2.14. The fraction of sp³-hybridized carbons (Fsp3) is 0.727. The molecule has 0 saturated heterocycles. The van der Waals surface area contributed by atoms with Gasteiger partial charge in [0.15, 0.2) is 0 Å². The van der Waals surface area contributed by atoms with Crippen LogP contribution in [-0.2, 0) is 13.0 Å². The van der Waals surface area contributed by atoms with Gasteiger partial charge in [-0.05, 0) is 5.92 Å². The minimum Gasteiger partial charge on any atom is -0.309 e. The molecule has 0 aliphatic carbocycles. The zero-order chi connectivity index (χ0) is 10.6. The highest BCUT2D eigenvalue weighted by molar-refractivity contribution is 7.09. The summed E-state index contributed by atoms with van der Waals surface area (Å²) in [5.41, 5.74) is 1.18. The number of thiazole rings is 1. The number of aromatic nitrogens is 1. The van der Waals surface area contributed by atoms with Crippen LogP contribution in [0.15, 0.2) is 5.38 Å². The minimum atomic E-state index is 0.533. The Kier molecular flexibility index (Phi) is 4.55. The third-order valence-corrected chi connectivity index (χ3v) is 2.79. The van der Waals surface area contributed by atoms with E-state index in [0.717, 1.165) is 13.0 Å². The van der Waals surface area contributed by atoms with Crippen LogP contribution in [0.1, 0.15) is 38.4 Å². The van der Waals surface area contributed by atoms with Gasteiger partial charge in [0.25, 0.3) is 0 Å². The van der Waals surface area contributed by atoms with Crippen LogP contribution in [0.4, 0.5) is 0 Å². The highest BCUT2D eigenvalue weighted by Gasteiger charge is 2.04. The van der Waals surface area contributed by atoms with Crippen LogP contribution < -0.4 is 5.32 Å². The van der Waals surface area contributed by atoms with Gasteiger partial charge < -0.3 is 5.32 Å². The Labute approximate surface area is 90.8 Å². The Balaban J connectivity index is 2.42. The van der Waals surface area contributed by atoms with Gasteiger partial charge in [-0.25, -0.2) is 4.98 Å². The molecule has 0 aliphatic rings. The van der Waals surface area contributed by atoms with Crippen molar-refractivity contribution < 1.29 is 0 Å². The van der Waals surface area contributed by atoms with E-state index in [1.54, 1.807) is 11.3 Å². The molecule has 14 heavy (non-hydrogen) atoms. The molecule has 0 aromatic carbocycles. The summed E-state index contributed by atoms with van der Waals surface area (Å²) in [4.78, 5) is 4.58. The van der Waals surface area contributed by atoms with Gasteiger partial charge >= 0.3 is 0 Å². The van der Waals surface area contributed by atoms with E-state index in [1.165, 1.54) is 10.7 Å². The van der Waals surface area contributed by atoms with Crippen molar-refractivity contribution >= 4 is 11.3 Å². The summed E-state index contributed by atoms with van der Waals surface area (Å²) in [5, 5.41) is 6.80. The molecule has 0 bridgehead atoms. The second-order valence-electron chi connectivity index (χ2n) is 4.37. The molecule has 0 aliphatic heterocycles. The molecule has 1 aromatic rings. The molecule has 0 radical (unpaired) electrons. The minimum absolute atomic E-state index is 0.533. The molecule has 3 heteroatoms. The molecule has 0 spiro atoms. The van der Waals surface area contributed by atoms with Gasteiger partial charge in [-0.3, -0.25) is 0 Å². The van der Waals surface area contributed by atoms with Crippen molar-refractivity contribution in [1.29, 1.82) is 0 Å². The third-order valence-electron chi connectivity index (χ3n) is 1.87. The maximum Gasteiger partial charge on any atom is 0.0931 e. The summed E-state index contributed by atoms with van der Waals surface area (Å²) in [6.07, 6.45) is 1.10. The molecule has 1 aromatic heterocycles. The largest absolute Gasteiger partial charge is 0.309 e. The van der Waals surface area contributed by atoms with Crippen molar-refractivity contribution in [2.45, 2.75) is 46.7 Å². The van der Waals surface area contributed by atoms with E-state index in [4.69, 9.17) is 0 Å². The Morgan fingerprint density at radius 3 is 2.64 bits per heavy atom. The van der Waals surface area contributed by atoms with Gasteiger partial charge in [-0.2, -0.15) is 0 Å². The summed E-state index contributed by atoms with van der Waals surface area (Å²) >= 11 is 1.78. The van der Waals surface area contributed by atoms with Crippen LogP contribution in [0.5, 0.6) is 0 Å². The molecule has 80 valence electrons. The maximum absolute atomic E-state index is 4.58. The van der Waals surface area contributed by atoms with E-state index in [1.807, 2.05) is 0 Å². The van der Waals surface area contributed by atoms with Gasteiger partial charge in [0.05, 0.1) is 10.7 Å².